The van der Waals surface area contributed by atoms with Gasteiger partial charge >= 0.3 is 5.97 Å². The summed E-state index contributed by atoms with van der Waals surface area (Å²) in [6.45, 7) is 1.34. The average molecular weight is 252 g/mol. The lowest BCUT2D eigenvalue weighted by molar-refractivity contribution is -0.156. The van der Waals surface area contributed by atoms with E-state index in [0.29, 0.717) is 38.5 Å². The van der Waals surface area contributed by atoms with Crippen molar-refractivity contribution in [3.05, 3.63) is 5.82 Å². The van der Waals surface area contributed by atoms with Crippen molar-refractivity contribution in [3.63, 3.8) is 0 Å². The van der Waals surface area contributed by atoms with Crippen LogP contribution in [0.3, 0.4) is 0 Å². The van der Waals surface area contributed by atoms with Crippen LogP contribution in [0.1, 0.15) is 37.4 Å². The van der Waals surface area contributed by atoms with Gasteiger partial charge in [-0.25, -0.2) is 4.68 Å². The lowest BCUT2D eigenvalue weighted by Gasteiger charge is -2.32. The molecule has 0 aromatic carbocycles. The molecule has 1 saturated carbocycles. The van der Waals surface area contributed by atoms with Gasteiger partial charge < -0.3 is 9.84 Å². The Balaban J connectivity index is 1.83. The van der Waals surface area contributed by atoms with Crippen LogP contribution in [0.4, 0.5) is 0 Å². The molecule has 2 fully saturated rings. The molecular weight excluding hydrogens is 236 g/mol. The number of carboxylic acids is 1. The van der Waals surface area contributed by atoms with Gasteiger partial charge in [0, 0.05) is 19.1 Å². The van der Waals surface area contributed by atoms with Gasteiger partial charge in [-0.05, 0) is 36.1 Å². The second-order valence-corrected chi connectivity index (χ2v) is 5.17. The van der Waals surface area contributed by atoms with E-state index in [1.807, 2.05) is 0 Å². The Morgan fingerprint density at radius 1 is 1.44 bits per heavy atom. The van der Waals surface area contributed by atoms with Crippen molar-refractivity contribution < 1.29 is 14.6 Å². The summed E-state index contributed by atoms with van der Waals surface area (Å²) in [4.78, 5) is 11.6. The second kappa shape index (κ2) is 4.31. The SMILES string of the molecule is O=C(O)C1(Cn2nnnc2C2CC2)CCOCC1. The van der Waals surface area contributed by atoms with E-state index in [2.05, 4.69) is 15.5 Å². The molecule has 18 heavy (non-hydrogen) atoms. The first-order valence-electron chi connectivity index (χ1n) is 6.28. The highest BCUT2D eigenvalue weighted by Gasteiger charge is 2.42. The number of hydrogen-bond donors (Lipinski definition) is 1. The molecule has 98 valence electrons. The van der Waals surface area contributed by atoms with Gasteiger partial charge in [0.1, 0.15) is 0 Å². The molecule has 0 bridgehead atoms. The molecular formula is C11H16N4O3. The number of tetrazole rings is 1. The van der Waals surface area contributed by atoms with Crippen LogP contribution < -0.4 is 0 Å². The van der Waals surface area contributed by atoms with Gasteiger partial charge in [0.15, 0.2) is 5.82 Å². The van der Waals surface area contributed by atoms with E-state index in [0.717, 1.165) is 18.7 Å². The third kappa shape index (κ3) is 1.98. The minimum Gasteiger partial charge on any atom is -0.481 e. The van der Waals surface area contributed by atoms with Crippen LogP contribution in [0.15, 0.2) is 0 Å². The highest BCUT2D eigenvalue weighted by Crippen LogP contribution is 2.40. The second-order valence-electron chi connectivity index (χ2n) is 5.17. The van der Waals surface area contributed by atoms with Crippen molar-refractivity contribution in [1.29, 1.82) is 0 Å². The molecule has 0 radical (unpaired) electrons. The summed E-state index contributed by atoms with van der Waals surface area (Å²) in [5.74, 6) is 0.482. The zero-order valence-corrected chi connectivity index (χ0v) is 10.1. The normalized spacial score (nSPS) is 22.9. The predicted molar refractivity (Wildman–Crippen MR) is 59.9 cm³/mol. The van der Waals surface area contributed by atoms with Crippen molar-refractivity contribution in [3.8, 4) is 0 Å². The molecule has 0 amide bonds. The fourth-order valence-corrected chi connectivity index (χ4v) is 2.45. The van der Waals surface area contributed by atoms with Crippen molar-refractivity contribution in [1.82, 2.24) is 20.2 Å². The quantitative estimate of drug-likeness (QED) is 0.835. The Morgan fingerprint density at radius 2 is 2.17 bits per heavy atom. The average Bonchev–Trinajstić information content (AvgIpc) is 3.12. The van der Waals surface area contributed by atoms with E-state index < -0.39 is 11.4 Å². The Bertz CT molecular complexity index is 449. The first-order chi connectivity index (χ1) is 8.71. The topological polar surface area (TPSA) is 90.1 Å². The number of carboxylic acid groups (broad SMARTS) is 1. The summed E-state index contributed by atoms with van der Waals surface area (Å²) in [6, 6.07) is 0. The molecule has 1 aliphatic carbocycles. The van der Waals surface area contributed by atoms with Crippen LogP contribution in [0.25, 0.3) is 0 Å². The first-order valence-corrected chi connectivity index (χ1v) is 6.28. The standard InChI is InChI=1S/C11H16N4O3/c16-10(17)11(3-5-18-6-4-11)7-15-9(8-1-2-8)12-13-14-15/h8H,1-7H2,(H,16,17). The van der Waals surface area contributed by atoms with Crippen molar-refractivity contribution in [2.75, 3.05) is 13.2 Å². The summed E-state index contributed by atoms with van der Waals surface area (Å²) >= 11 is 0. The molecule has 2 heterocycles. The summed E-state index contributed by atoms with van der Waals surface area (Å²) in [7, 11) is 0. The van der Waals surface area contributed by atoms with Gasteiger partial charge in [0.05, 0.1) is 12.0 Å². The molecule has 7 nitrogen and oxygen atoms in total. The van der Waals surface area contributed by atoms with E-state index in [-0.39, 0.29) is 0 Å². The molecule has 1 saturated heterocycles. The van der Waals surface area contributed by atoms with Crippen LogP contribution in [-0.4, -0.2) is 44.5 Å². The van der Waals surface area contributed by atoms with Crippen molar-refractivity contribution >= 4 is 5.97 Å². The molecule has 1 aliphatic heterocycles. The fourth-order valence-electron chi connectivity index (χ4n) is 2.45. The van der Waals surface area contributed by atoms with E-state index in [9.17, 15) is 9.90 Å². The predicted octanol–water partition coefficient (Wildman–Crippen LogP) is 0.432. The molecule has 7 heteroatoms. The third-order valence-electron chi connectivity index (χ3n) is 3.86. The van der Waals surface area contributed by atoms with E-state index in [1.165, 1.54) is 0 Å². The van der Waals surface area contributed by atoms with Crippen LogP contribution in [0.5, 0.6) is 0 Å². The highest BCUT2D eigenvalue weighted by molar-refractivity contribution is 5.74. The Labute approximate surface area is 104 Å². The number of hydrogen-bond acceptors (Lipinski definition) is 5. The van der Waals surface area contributed by atoms with Crippen LogP contribution in [0.2, 0.25) is 0 Å². The molecule has 1 aromatic rings. The maximum atomic E-state index is 11.6. The van der Waals surface area contributed by atoms with Gasteiger partial charge in [0.2, 0.25) is 0 Å². The summed E-state index contributed by atoms with van der Waals surface area (Å²) < 4.78 is 6.94. The van der Waals surface area contributed by atoms with Gasteiger partial charge in [-0.3, -0.25) is 4.79 Å². The third-order valence-corrected chi connectivity index (χ3v) is 3.86. The number of aliphatic carboxylic acids is 1. The molecule has 2 aliphatic rings. The fraction of sp³-hybridized carbons (Fsp3) is 0.818. The maximum absolute atomic E-state index is 11.6. The van der Waals surface area contributed by atoms with Crippen molar-refractivity contribution in [2.24, 2.45) is 5.41 Å². The number of ether oxygens (including phenoxy) is 1. The smallest absolute Gasteiger partial charge is 0.311 e. The van der Waals surface area contributed by atoms with E-state index in [1.54, 1.807) is 4.68 Å². The monoisotopic (exact) mass is 252 g/mol. The van der Waals surface area contributed by atoms with Crippen molar-refractivity contribution in [2.45, 2.75) is 38.1 Å². The van der Waals surface area contributed by atoms with E-state index in [4.69, 9.17) is 4.74 Å². The van der Waals surface area contributed by atoms with Gasteiger partial charge in [-0.1, -0.05) is 0 Å². The molecule has 1 N–H and O–H groups in total. The number of nitrogens with zero attached hydrogens (tertiary/aromatic N) is 4. The minimum absolute atomic E-state index is 0.352. The molecule has 0 spiro atoms. The Morgan fingerprint density at radius 3 is 2.78 bits per heavy atom. The maximum Gasteiger partial charge on any atom is 0.311 e. The largest absolute Gasteiger partial charge is 0.481 e. The molecule has 1 aromatic heterocycles. The minimum atomic E-state index is -0.780. The molecule has 0 atom stereocenters. The van der Waals surface area contributed by atoms with Crippen LogP contribution in [0, 0.1) is 5.41 Å². The summed E-state index contributed by atoms with van der Waals surface area (Å²) in [5.41, 5.74) is -0.780. The molecule has 0 unspecified atom stereocenters. The van der Waals surface area contributed by atoms with Gasteiger partial charge in [-0.2, -0.15) is 0 Å². The Kier molecular flexibility index (Phi) is 2.77. The van der Waals surface area contributed by atoms with Gasteiger partial charge in [0.25, 0.3) is 0 Å². The number of aromatic nitrogens is 4. The number of carbonyl (C=O) groups is 1. The zero-order chi connectivity index (χ0) is 12.6. The Hall–Kier alpha value is -1.50. The summed E-state index contributed by atoms with van der Waals surface area (Å²) in [6.07, 6.45) is 3.24. The number of rotatable bonds is 4. The molecule has 3 rings (SSSR count). The van der Waals surface area contributed by atoms with Gasteiger partial charge in [-0.15, -0.1) is 5.10 Å². The first kappa shape index (κ1) is 11.6. The zero-order valence-electron chi connectivity index (χ0n) is 10.1. The lowest BCUT2D eigenvalue weighted by atomic mass is 9.80. The van der Waals surface area contributed by atoms with E-state index >= 15 is 0 Å². The highest BCUT2D eigenvalue weighted by atomic mass is 16.5. The van der Waals surface area contributed by atoms with Crippen LogP contribution in [-0.2, 0) is 16.1 Å². The lowest BCUT2D eigenvalue weighted by Crippen LogP contribution is -2.41. The summed E-state index contributed by atoms with van der Waals surface area (Å²) in [5, 5.41) is 21.1. The van der Waals surface area contributed by atoms with Crippen LogP contribution >= 0.6 is 0 Å².